The number of hydrogen-bond acceptors (Lipinski definition) is 8. The van der Waals surface area contributed by atoms with Crippen LogP contribution in [0, 0.1) is 29.1 Å². The summed E-state index contributed by atoms with van der Waals surface area (Å²) >= 11 is 0. The van der Waals surface area contributed by atoms with Crippen molar-refractivity contribution in [3.05, 3.63) is 47.2 Å². The van der Waals surface area contributed by atoms with Crippen molar-refractivity contribution in [1.82, 2.24) is 15.3 Å². The number of amides is 1. The second-order valence-corrected chi connectivity index (χ2v) is 11.2. The van der Waals surface area contributed by atoms with Gasteiger partial charge in [-0.3, -0.25) is 0 Å². The number of hydrogen-bond donors (Lipinski definition) is 4. The summed E-state index contributed by atoms with van der Waals surface area (Å²) in [7, 11) is 0. The largest absolute Gasteiger partial charge is 0.444 e. The van der Waals surface area contributed by atoms with E-state index in [9.17, 15) is 15.2 Å². The minimum atomic E-state index is -0.508. The van der Waals surface area contributed by atoms with Crippen molar-refractivity contribution in [3.8, 4) is 6.07 Å². The van der Waals surface area contributed by atoms with Gasteiger partial charge in [0.15, 0.2) is 0 Å². The Kier molecular flexibility index (Phi) is 8.49. The number of aliphatic hydroxyl groups is 1. The zero-order chi connectivity index (χ0) is 26.4. The van der Waals surface area contributed by atoms with Gasteiger partial charge < -0.3 is 25.8 Å². The fourth-order valence-electron chi connectivity index (χ4n) is 5.70. The number of ether oxygens (including phenoxy) is 1. The first kappa shape index (κ1) is 26.7. The highest BCUT2D eigenvalue weighted by Gasteiger charge is 2.41. The Labute approximate surface area is 219 Å². The van der Waals surface area contributed by atoms with E-state index in [0.717, 1.165) is 36.8 Å². The molecule has 1 aromatic heterocycles. The van der Waals surface area contributed by atoms with Crippen LogP contribution in [0.3, 0.4) is 0 Å². The highest BCUT2D eigenvalue weighted by Crippen LogP contribution is 2.43. The van der Waals surface area contributed by atoms with Gasteiger partial charge in [-0.2, -0.15) is 10.2 Å². The fraction of sp³-hybridized carbons (Fsp3) is 0.571. The van der Waals surface area contributed by atoms with Crippen molar-refractivity contribution < 1.29 is 14.6 Å². The molecule has 0 saturated heterocycles. The highest BCUT2D eigenvalue weighted by atomic mass is 16.6. The molecule has 2 aliphatic rings. The van der Waals surface area contributed by atoms with Crippen LogP contribution < -0.4 is 16.0 Å². The standard InChI is InChI=1S/C28H38N6O3/c1-28(2,3)37-27(36)33-24-19-9-6-10-20(24)12-18(11-19)14-30-25-23(13-29)16-32-26(34-25)31-15-21-7-4-5-8-22(21)17-35/h4-5,7-8,16,18-20,24,35H,6,9-12,14-15,17H2,1-3H3,(H,33,36)(H2,30,31,32,34)/t18?,19-,20+,24-. The number of alkyl carbamates (subject to hydrolysis) is 1. The predicted octanol–water partition coefficient (Wildman–Crippen LogP) is 4.58. The number of nitrogens with one attached hydrogen (secondary N) is 3. The Morgan fingerprint density at radius 1 is 1.16 bits per heavy atom. The lowest BCUT2D eigenvalue weighted by Gasteiger charge is -2.46. The molecule has 37 heavy (non-hydrogen) atoms. The molecule has 1 heterocycles. The van der Waals surface area contributed by atoms with E-state index in [-0.39, 0.29) is 18.7 Å². The van der Waals surface area contributed by atoms with E-state index < -0.39 is 5.60 Å². The maximum atomic E-state index is 12.4. The monoisotopic (exact) mass is 506 g/mol. The van der Waals surface area contributed by atoms with Gasteiger partial charge in [0.1, 0.15) is 23.1 Å². The molecule has 9 heteroatoms. The molecule has 2 fully saturated rings. The molecule has 4 atom stereocenters. The number of carbonyl (C=O) groups excluding carboxylic acids is 1. The number of aliphatic hydroxyl groups excluding tert-OH is 1. The van der Waals surface area contributed by atoms with Crippen molar-refractivity contribution in [3.63, 3.8) is 0 Å². The van der Waals surface area contributed by atoms with Crippen molar-refractivity contribution in [2.45, 2.75) is 77.7 Å². The van der Waals surface area contributed by atoms with Crippen LogP contribution >= 0.6 is 0 Å². The molecular weight excluding hydrogens is 468 g/mol. The number of carbonyl (C=O) groups is 1. The van der Waals surface area contributed by atoms with Crippen LogP contribution in [0.15, 0.2) is 30.5 Å². The summed E-state index contributed by atoms with van der Waals surface area (Å²) in [5, 5.41) is 28.9. The van der Waals surface area contributed by atoms with Gasteiger partial charge in [-0.25, -0.2) is 9.78 Å². The van der Waals surface area contributed by atoms with Gasteiger partial charge >= 0.3 is 6.09 Å². The van der Waals surface area contributed by atoms with Crippen LogP contribution in [0.5, 0.6) is 0 Å². The smallest absolute Gasteiger partial charge is 0.407 e. The molecule has 1 aromatic carbocycles. The van der Waals surface area contributed by atoms with E-state index >= 15 is 0 Å². The molecule has 198 valence electrons. The number of aromatic nitrogens is 2. The minimum Gasteiger partial charge on any atom is -0.444 e. The van der Waals surface area contributed by atoms with Gasteiger partial charge in [-0.15, -0.1) is 0 Å². The quantitative estimate of drug-likeness (QED) is 0.409. The first-order chi connectivity index (χ1) is 17.8. The molecule has 4 N–H and O–H groups in total. The first-order valence-corrected chi connectivity index (χ1v) is 13.2. The van der Waals surface area contributed by atoms with E-state index in [2.05, 4.69) is 32.0 Å². The molecule has 0 radical (unpaired) electrons. The van der Waals surface area contributed by atoms with Gasteiger partial charge in [0.25, 0.3) is 0 Å². The summed E-state index contributed by atoms with van der Waals surface area (Å²) in [6, 6.07) is 9.99. The Morgan fingerprint density at radius 2 is 1.86 bits per heavy atom. The van der Waals surface area contributed by atoms with Crippen molar-refractivity contribution in [1.29, 1.82) is 5.26 Å². The highest BCUT2D eigenvalue weighted by molar-refractivity contribution is 5.68. The molecule has 2 aromatic rings. The van der Waals surface area contributed by atoms with Crippen molar-refractivity contribution in [2.75, 3.05) is 17.2 Å². The lowest BCUT2D eigenvalue weighted by atomic mass is 9.64. The van der Waals surface area contributed by atoms with Crippen LogP contribution in [-0.4, -0.2) is 39.4 Å². The molecular formula is C28H38N6O3. The third-order valence-electron chi connectivity index (χ3n) is 7.31. The Morgan fingerprint density at radius 3 is 2.51 bits per heavy atom. The van der Waals surface area contributed by atoms with Crippen LogP contribution in [-0.2, 0) is 17.9 Å². The Hall–Kier alpha value is -3.38. The molecule has 2 saturated carbocycles. The maximum Gasteiger partial charge on any atom is 0.407 e. The molecule has 0 spiro atoms. The third kappa shape index (κ3) is 7.10. The van der Waals surface area contributed by atoms with Gasteiger partial charge in [0, 0.05) is 19.1 Å². The molecule has 0 aliphatic heterocycles. The van der Waals surface area contributed by atoms with E-state index in [1.54, 1.807) is 0 Å². The number of fused-ring (bicyclic) bond motifs is 2. The average Bonchev–Trinajstić information content (AvgIpc) is 2.85. The summed E-state index contributed by atoms with van der Waals surface area (Å²) in [4.78, 5) is 21.3. The predicted molar refractivity (Wildman–Crippen MR) is 142 cm³/mol. The molecule has 1 unspecified atom stereocenters. The first-order valence-electron chi connectivity index (χ1n) is 13.2. The third-order valence-corrected chi connectivity index (χ3v) is 7.31. The Bertz CT molecular complexity index is 1110. The summed E-state index contributed by atoms with van der Waals surface area (Å²) in [5.41, 5.74) is 1.72. The zero-order valence-corrected chi connectivity index (χ0v) is 22.0. The summed E-state index contributed by atoms with van der Waals surface area (Å²) < 4.78 is 5.51. The normalized spacial score (nSPS) is 23.0. The molecule has 4 rings (SSSR count). The number of nitriles is 1. The molecule has 2 aliphatic carbocycles. The van der Waals surface area contributed by atoms with Crippen molar-refractivity contribution in [2.24, 2.45) is 17.8 Å². The SMILES string of the molecule is CC(C)(C)OC(=O)N[C@@H]1[C@@H]2CCC[C@H]1CC(CNc1nc(NCc3ccccc3CO)ncc1C#N)C2. The van der Waals surface area contributed by atoms with Gasteiger partial charge in [-0.05, 0) is 75.3 Å². The molecule has 9 nitrogen and oxygen atoms in total. The van der Waals surface area contributed by atoms with E-state index in [1.165, 1.54) is 12.6 Å². The van der Waals surface area contributed by atoms with E-state index in [1.807, 2.05) is 45.0 Å². The zero-order valence-electron chi connectivity index (χ0n) is 22.0. The number of benzene rings is 1. The second kappa shape index (κ2) is 11.8. The lowest BCUT2D eigenvalue weighted by Crippen LogP contribution is -2.52. The summed E-state index contributed by atoms with van der Waals surface area (Å²) in [6.07, 6.45) is 6.64. The van der Waals surface area contributed by atoms with Crippen molar-refractivity contribution >= 4 is 17.9 Å². The number of nitrogens with zero attached hydrogens (tertiary/aromatic N) is 3. The molecule has 2 bridgehead atoms. The lowest BCUT2D eigenvalue weighted by molar-refractivity contribution is 0.0324. The second-order valence-electron chi connectivity index (χ2n) is 11.2. The van der Waals surface area contributed by atoms with Gasteiger partial charge in [0.2, 0.25) is 5.95 Å². The fourth-order valence-corrected chi connectivity index (χ4v) is 5.70. The topological polar surface area (TPSA) is 132 Å². The number of rotatable bonds is 8. The van der Waals surface area contributed by atoms with Gasteiger partial charge in [-0.1, -0.05) is 30.7 Å². The maximum absolute atomic E-state index is 12.4. The Balaban J connectivity index is 1.36. The summed E-state index contributed by atoms with van der Waals surface area (Å²) in [6.45, 7) is 6.80. The minimum absolute atomic E-state index is 0.0313. The average molecular weight is 507 g/mol. The summed E-state index contributed by atoms with van der Waals surface area (Å²) in [5.74, 6) is 2.24. The van der Waals surface area contributed by atoms with E-state index in [0.29, 0.717) is 48.2 Å². The van der Waals surface area contributed by atoms with E-state index in [4.69, 9.17) is 4.74 Å². The van der Waals surface area contributed by atoms with Crippen LogP contribution in [0.25, 0.3) is 0 Å². The number of anilines is 2. The van der Waals surface area contributed by atoms with Crippen LogP contribution in [0.2, 0.25) is 0 Å². The molecule has 1 amide bonds. The van der Waals surface area contributed by atoms with Crippen LogP contribution in [0.4, 0.5) is 16.6 Å². The van der Waals surface area contributed by atoms with Gasteiger partial charge in [0.05, 0.1) is 12.8 Å². The van der Waals surface area contributed by atoms with Crippen LogP contribution in [0.1, 0.15) is 69.6 Å².